The van der Waals surface area contributed by atoms with Gasteiger partial charge >= 0.3 is 10.2 Å². The fourth-order valence-electron chi connectivity index (χ4n) is 2.05. The Labute approximate surface area is 96.2 Å². The van der Waals surface area contributed by atoms with Gasteiger partial charge in [-0.05, 0) is 20.3 Å². The highest BCUT2D eigenvalue weighted by atomic mass is 32.2. The lowest BCUT2D eigenvalue weighted by molar-refractivity contribution is -0.0623. The first-order chi connectivity index (χ1) is 7.50. The SMILES string of the molecule is CC1CN(S(=O)(=O)N2CCCO2)CC(C)O1. The highest BCUT2D eigenvalue weighted by molar-refractivity contribution is 7.86. The van der Waals surface area contributed by atoms with Gasteiger partial charge in [0.05, 0.1) is 18.8 Å². The minimum absolute atomic E-state index is 0.0684. The van der Waals surface area contributed by atoms with Crippen LogP contribution < -0.4 is 0 Å². The Kier molecular flexibility index (Phi) is 3.50. The number of hydroxylamine groups is 1. The summed E-state index contributed by atoms with van der Waals surface area (Å²) in [7, 11) is -3.46. The number of hydrogen-bond donors (Lipinski definition) is 0. The van der Waals surface area contributed by atoms with Gasteiger partial charge in [0.2, 0.25) is 0 Å². The molecule has 0 bridgehead atoms. The summed E-state index contributed by atoms with van der Waals surface area (Å²) in [5.74, 6) is 0. The molecule has 2 aliphatic heterocycles. The van der Waals surface area contributed by atoms with E-state index in [-0.39, 0.29) is 12.2 Å². The van der Waals surface area contributed by atoms with Crippen LogP contribution in [0.3, 0.4) is 0 Å². The Morgan fingerprint density at radius 2 is 1.81 bits per heavy atom. The lowest BCUT2D eigenvalue weighted by Crippen LogP contribution is -2.52. The van der Waals surface area contributed by atoms with Gasteiger partial charge in [-0.25, -0.2) is 0 Å². The van der Waals surface area contributed by atoms with Crippen LogP contribution in [0.15, 0.2) is 0 Å². The molecule has 0 amide bonds. The monoisotopic (exact) mass is 250 g/mol. The second-order valence-electron chi connectivity index (χ2n) is 4.30. The first-order valence-electron chi connectivity index (χ1n) is 5.56. The van der Waals surface area contributed by atoms with Gasteiger partial charge in [0.25, 0.3) is 0 Å². The zero-order valence-electron chi connectivity index (χ0n) is 9.63. The lowest BCUT2D eigenvalue weighted by atomic mass is 10.3. The lowest BCUT2D eigenvalue weighted by Gasteiger charge is -2.35. The van der Waals surface area contributed by atoms with Crippen LogP contribution in [0.2, 0.25) is 0 Å². The highest BCUT2D eigenvalue weighted by Gasteiger charge is 2.37. The zero-order chi connectivity index (χ0) is 11.8. The molecular weight excluding hydrogens is 232 g/mol. The van der Waals surface area contributed by atoms with Gasteiger partial charge in [0, 0.05) is 19.6 Å². The van der Waals surface area contributed by atoms with E-state index in [1.807, 2.05) is 13.8 Å². The van der Waals surface area contributed by atoms with Gasteiger partial charge in [-0.1, -0.05) is 4.47 Å². The summed E-state index contributed by atoms with van der Waals surface area (Å²) in [6, 6.07) is 0. The minimum Gasteiger partial charge on any atom is -0.373 e. The molecule has 16 heavy (non-hydrogen) atoms. The van der Waals surface area contributed by atoms with E-state index < -0.39 is 10.2 Å². The van der Waals surface area contributed by atoms with E-state index in [0.29, 0.717) is 26.2 Å². The van der Waals surface area contributed by atoms with Crippen molar-refractivity contribution >= 4 is 10.2 Å². The second kappa shape index (κ2) is 4.58. The fourth-order valence-corrected chi connectivity index (χ4v) is 3.68. The quantitative estimate of drug-likeness (QED) is 0.691. The summed E-state index contributed by atoms with van der Waals surface area (Å²) in [5.41, 5.74) is 0. The van der Waals surface area contributed by atoms with Crippen molar-refractivity contribution < 1.29 is 18.0 Å². The number of ether oxygens (including phenoxy) is 1. The molecule has 2 unspecified atom stereocenters. The van der Waals surface area contributed by atoms with Crippen LogP contribution in [0.25, 0.3) is 0 Å². The summed E-state index contributed by atoms with van der Waals surface area (Å²) < 4.78 is 32.3. The molecule has 0 aromatic carbocycles. The average Bonchev–Trinajstić information content (AvgIpc) is 2.69. The van der Waals surface area contributed by atoms with Gasteiger partial charge < -0.3 is 4.74 Å². The molecule has 2 heterocycles. The standard InChI is InChI=1S/C9H18N2O4S/c1-8-6-10(7-9(2)15-8)16(12,13)11-4-3-5-14-11/h8-9H,3-7H2,1-2H3. The molecule has 7 heteroatoms. The number of hydrogen-bond acceptors (Lipinski definition) is 4. The molecule has 0 N–H and O–H groups in total. The fraction of sp³-hybridized carbons (Fsp3) is 1.00. The summed E-state index contributed by atoms with van der Waals surface area (Å²) in [6.07, 6.45) is 0.622. The summed E-state index contributed by atoms with van der Waals surface area (Å²) in [6.45, 7) is 5.47. The Morgan fingerprint density at radius 1 is 1.19 bits per heavy atom. The molecule has 2 saturated heterocycles. The smallest absolute Gasteiger partial charge is 0.304 e. The summed E-state index contributed by atoms with van der Waals surface area (Å²) in [4.78, 5) is 5.10. The number of nitrogens with zero attached hydrogens (tertiary/aromatic N) is 2. The summed E-state index contributed by atoms with van der Waals surface area (Å²) in [5, 5.41) is 0. The molecule has 0 saturated carbocycles. The van der Waals surface area contributed by atoms with Crippen molar-refractivity contribution in [1.29, 1.82) is 0 Å². The third kappa shape index (κ3) is 2.38. The van der Waals surface area contributed by atoms with Crippen molar-refractivity contribution in [3.63, 3.8) is 0 Å². The van der Waals surface area contributed by atoms with E-state index in [0.717, 1.165) is 10.9 Å². The van der Waals surface area contributed by atoms with E-state index in [1.165, 1.54) is 4.31 Å². The maximum atomic E-state index is 12.2. The van der Waals surface area contributed by atoms with Crippen LogP contribution >= 0.6 is 0 Å². The van der Waals surface area contributed by atoms with Gasteiger partial charge in [-0.15, -0.1) is 0 Å². The topological polar surface area (TPSA) is 59.1 Å². The maximum Gasteiger partial charge on any atom is 0.304 e. The Morgan fingerprint density at radius 3 is 2.31 bits per heavy atom. The zero-order valence-corrected chi connectivity index (χ0v) is 10.4. The van der Waals surface area contributed by atoms with Crippen LogP contribution in [0, 0.1) is 0 Å². The Hall–Kier alpha value is -0.210. The largest absolute Gasteiger partial charge is 0.373 e. The van der Waals surface area contributed by atoms with Crippen molar-refractivity contribution in [1.82, 2.24) is 8.77 Å². The van der Waals surface area contributed by atoms with Crippen molar-refractivity contribution in [2.45, 2.75) is 32.5 Å². The van der Waals surface area contributed by atoms with Gasteiger partial charge in [-0.2, -0.15) is 12.7 Å². The third-order valence-electron chi connectivity index (χ3n) is 2.69. The first kappa shape index (κ1) is 12.3. The molecule has 2 rings (SSSR count). The Bertz CT molecular complexity index is 329. The normalized spacial score (nSPS) is 34.4. The van der Waals surface area contributed by atoms with Crippen molar-refractivity contribution in [3.8, 4) is 0 Å². The molecule has 0 radical (unpaired) electrons. The van der Waals surface area contributed by atoms with E-state index in [4.69, 9.17) is 9.57 Å². The van der Waals surface area contributed by atoms with Gasteiger partial charge in [0.1, 0.15) is 0 Å². The molecule has 0 aromatic rings. The van der Waals surface area contributed by atoms with Crippen LogP contribution in [0.1, 0.15) is 20.3 Å². The van der Waals surface area contributed by atoms with Crippen LogP contribution in [0.5, 0.6) is 0 Å². The van der Waals surface area contributed by atoms with Gasteiger partial charge in [-0.3, -0.25) is 4.84 Å². The van der Waals surface area contributed by atoms with E-state index in [9.17, 15) is 8.42 Å². The van der Waals surface area contributed by atoms with Gasteiger partial charge in [0.15, 0.2) is 0 Å². The molecule has 2 fully saturated rings. The number of rotatable bonds is 2. The summed E-state index contributed by atoms with van der Waals surface area (Å²) >= 11 is 0. The molecule has 0 aliphatic carbocycles. The maximum absolute atomic E-state index is 12.2. The molecular formula is C9H18N2O4S. The second-order valence-corrected chi connectivity index (χ2v) is 6.11. The van der Waals surface area contributed by atoms with E-state index in [1.54, 1.807) is 0 Å². The van der Waals surface area contributed by atoms with E-state index in [2.05, 4.69) is 0 Å². The Balaban J connectivity index is 2.10. The molecule has 0 aromatic heterocycles. The predicted octanol–water partition coefficient (Wildman–Crippen LogP) is -0.0223. The first-order valence-corrected chi connectivity index (χ1v) is 6.96. The van der Waals surface area contributed by atoms with Crippen LogP contribution in [0.4, 0.5) is 0 Å². The predicted molar refractivity (Wildman–Crippen MR) is 57.8 cm³/mol. The average molecular weight is 250 g/mol. The van der Waals surface area contributed by atoms with Crippen molar-refractivity contribution in [3.05, 3.63) is 0 Å². The van der Waals surface area contributed by atoms with Crippen molar-refractivity contribution in [2.24, 2.45) is 0 Å². The minimum atomic E-state index is -3.46. The molecule has 94 valence electrons. The highest BCUT2D eigenvalue weighted by Crippen LogP contribution is 2.20. The molecule has 6 nitrogen and oxygen atoms in total. The van der Waals surface area contributed by atoms with Crippen LogP contribution in [-0.2, 0) is 19.8 Å². The molecule has 0 spiro atoms. The molecule has 2 aliphatic rings. The van der Waals surface area contributed by atoms with E-state index >= 15 is 0 Å². The number of morpholine rings is 1. The van der Waals surface area contributed by atoms with Crippen LogP contribution in [-0.4, -0.2) is 55.6 Å². The third-order valence-corrected chi connectivity index (χ3v) is 4.44. The molecule has 2 atom stereocenters. The van der Waals surface area contributed by atoms with Crippen molar-refractivity contribution in [2.75, 3.05) is 26.2 Å².